The third-order valence-corrected chi connectivity index (χ3v) is 5.25. The van der Waals surface area contributed by atoms with Crippen LogP contribution in [0, 0.1) is 0 Å². The Morgan fingerprint density at radius 1 is 1.29 bits per heavy atom. The van der Waals surface area contributed by atoms with E-state index in [4.69, 9.17) is 4.74 Å². The molecule has 1 N–H and O–H groups in total. The van der Waals surface area contributed by atoms with Gasteiger partial charge in [-0.1, -0.05) is 0 Å². The Balaban J connectivity index is 1.77. The van der Waals surface area contributed by atoms with E-state index in [1.165, 1.54) is 28.2 Å². The van der Waals surface area contributed by atoms with Crippen molar-refractivity contribution < 1.29 is 22.7 Å². The van der Waals surface area contributed by atoms with Crippen molar-refractivity contribution in [3.63, 3.8) is 0 Å². The highest BCUT2D eigenvalue weighted by atomic mass is 32.1. The molecule has 0 fully saturated rings. The van der Waals surface area contributed by atoms with Crippen LogP contribution in [0.4, 0.5) is 18.3 Å². The molecule has 0 saturated carbocycles. The summed E-state index contributed by atoms with van der Waals surface area (Å²) in [4.78, 5) is 20.8. The second-order valence-corrected chi connectivity index (χ2v) is 8.58. The van der Waals surface area contributed by atoms with Crippen LogP contribution < -0.4 is 5.32 Å². The summed E-state index contributed by atoms with van der Waals surface area (Å²) < 4.78 is 47.1. The van der Waals surface area contributed by atoms with Gasteiger partial charge in [-0.05, 0) is 51.5 Å². The van der Waals surface area contributed by atoms with Gasteiger partial charge in [-0.3, -0.25) is 15.1 Å². The summed E-state index contributed by atoms with van der Waals surface area (Å²) in [5.41, 5.74) is -0.518. The number of halogens is 3. The van der Waals surface area contributed by atoms with Crippen molar-refractivity contribution in [2.45, 2.75) is 52.1 Å². The van der Waals surface area contributed by atoms with Crippen molar-refractivity contribution in [2.75, 3.05) is 5.32 Å². The van der Waals surface area contributed by atoms with Crippen LogP contribution in [0.25, 0.3) is 0 Å². The number of hydrogen-bond acceptors (Lipinski definition) is 5. The summed E-state index contributed by atoms with van der Waals surface area (Å²) in [7, 11) is 0. The first-order valence-corrected chi connectivity index (χ1v) is 10.5. The van der Waals surface area contributed by atoms with Crippen LogP contribution in [0.1, 0.15) is 55.0 Å². The lowest BCUT2D eigenvalue weighted by molar-refractivity contribution is -0.138. The molecule has 3 rings (SSSR count). The number of alkyl halides is 3. The fourth-order valence-electron chi connectivity index (χ4n) is 3.18. The van der Waals surface area contributed by atoms with Crippen molar-refractivity contribution in [3.8, 4) is 0 Å². The van der Waals surface area contributed by atoms with Gasteiger partial charge in [0.1, 0.15) is 11.3 Å². The number of hydrogen-bond donors (Lipinski definition) is 1. The molecule has 3 heterocycles. The maximum Gasteiger partial charge on any atom is 0.418 e. The zero-order valence-electron chi connectivity index (χ0n) is 17.5. The Labute approximate surface area is 182 Å². The normalized spacial score (nSPS) is 12.4. The Morgan fingerprint density at radius 3 is 2.71 bits per heavy atom. The van der Waals surface area contributed by atoms with E-state index in [0.717, 1.165) is 6.20 Å². The van der Waals surface area contributed by atoms with E-state index in [2.05, 4.69) is 15.3 Å². The standard InChI is InChI=1S/C21H23F3N4O2S/c1-13(2)30-20(3,4)17-12-31-19(26-17)27-18(29)16-6-5-9-28(16)11-14-7-8-25-10-15(14)21(22,23)24/h5-10,12-13H,11H2,1-4H3,(H,26,27,29). The zero-order valence-corrected chi connectivity index (χ0v) is 18.3. The lowest BCUT2D eigenvalue weighted by Gasteiger charge is -2.25. The fraction of sp³-hybridized carbons (Fsp3) is 0.381. The molecule has 0 aliphatic rings. The minimum atomic E-state index is -4.53. The lowest BCUT2D eigenvalue weighted by Crippen LogP contribution is -2.26. The van der Waals surface area contributed by atoms with Crippen LogP contribution in [0.5, 0.6) is 0 Å². The van der Waals surface area contributed by atoms with Crippen molar-refractivity contribution in [2.24, 2.45) is 0 Å². The first-order valence-electron chi connectivity index (χ1n) is 9.58. The van der Waals surface area contributed by atoms with Gasteiger partial charge in [-0.25, -0.2) is 4.98 Å². The fourth-order valence-corrected chi connectivity index (χ4v) is 4.04. The van der Waals surface area contributed by atoms with E-state index in [9.17, 15) is 18.0 Å². The summed E-state index contributed by atoms with van der Waals surface area (Å²) in [5.74, 6) is -0.462. The number of anilines is 1. The summed E-state index contributed by atoms with van der Waals surface area (Å²) in [6, 6.07) is 4.45. The van der Waals surface area contributed by atoms with Gasteiger partial charge >= 0.3 is 6.18 Å². The van der Waals surface area contributed by atoms with Gasteiger partial charge in [-0.2, -0.15) is 13.2 Å². The summed E-state index contributed by atoms with van der Waals surface area (Å²) >= 11 is 1.26. The number of nitrogens with one attached hydrogen (secondary N) is 1. The van der Waals surface area contributed by atoms with Crippen LogP contribution in [0.15, 0.2) is 42.2 Å². The third-order valence-electron chi connectivity index (χ3n) is 4.49. The molecule has 1 amide bonds. The Kier molecular flexibility index (Phi) is 6.51. The summed E-state index contributed by atoms with van der Waals surface area (Å²) in [6.07, 6.45) is -0.875. The minimum Gasteiger partial charge on any atom is -0.367 e. The number of carbonyl (C=O) groups is 1. The van der Waals surface area contributed by atoms with Gasteiger partial charge in [0, 0.05) is 30.5 Å². The predicted molar refractivity (Wildman–Crippen MR) is 112 cm³/mol. The smallest absolute Gasteiger partial charge is 0.367 e. The number of amides is 1. The Hall–Kier alpha value is -2.72. The molecule has 0 atom stereocenters. The van der Waals surface area contributed by atoms with Crippen LogP contribution in [-0.2, 0) is 23.1 Å². The van der Waals surface area contributed by atoms with Crippen molar-refractivity contribution in [1.82, 2.24) is 14.5 Å². The topological polar surface area (TPSA) is 69.0 Å². The molecule has 0 bridgehead atoms. The van der Waals surface area contributed by atoms with Crippen molar-refractivity contribution in [1.29, 1.82) is 0 Å². The van der Waals surface area contributed by atoms with Gasteiger partial charge < -0.3 is 9.30 Å². The molecule has 0 saturated heterocycles. The average molecular weight is 453 g/mol. The average Bonchev–Trinajstić information content (AvgIpc) is 3.30. The highest BCUT2D eigenvalue weighted by Crippen LogP contribution is 2.32. The van der Waals surface area contributed by atoms with Crippen LogP contribution >= 0.6 is 11.3 Å². The second-order valence-electron chi connectivity index (χ2n) is 7.72. The van der Waals surface area contributed by atoms with E-state index in [1.807, 2.05) is 33.1 Å². The van der Waals surface area contributed by atoms with Crippen molar-refractivity contribution in [3.05, 3.63) is 64.7 Å². The molecular formula is C21H23F3N4O2S. The SMILES string of the molecule is CC(C)OC(C)(C)c1csc(NC(=O)c2cccn2Cc2ccncc2C(F)(F)F)n1. The van der Waals surface area contributed by atoms with Crippen LogP contribution in [0.3, 0.4) is 0 Å². The molecule has 0 aliphatic carbocycles. The van der Waals surface area contributed by atoms with Gasteiger partial charge in [-0.15, -0.1) is 11.3 Å². The number of rotatable bonds is 7. The molecule has 3 aromatic heterocycles. The molecule has 0 aliphatic heterocycles. The second kappa shape index (κ2) is 8.80. The number of carbonyl (C=O) groups excluding carboxylic acids is 1. The molecule has 0 radical (unpaired) electrons. The summed E-state index contributed by atoms with van der Waals surface area (Å²) in [6.45, 7) is 7.53. The van der Waals surface area contributed by atoms with E-state index < -0.39 is 23.2 Å². The molecule has 0 unspecified atom stereocenters. The lowest BCUT2D eigenvalue weighted by atomic mass is 10.1. The highest BCUT2D eigenvalue weighted by molar-refractivity contribution is 7.14. The van der Waals surface area contributed by atoms with E-state index in [0.29, 0.717) is 10.8 Å². The van der Waals surface area contributed by atoms with Gasteiger partial charge in [0.05, 0.1) is 17.4 Å². The van der Waals surface area contributed by atoms with Gasteiger partial charge in [0.25, 0.3) is 5.91 Å². The predicted octanol–water partition coefficient (Wildman–Crippen LogP) is 5.32. The minimum absolute atomic E-state index is 0.00722. The first-order chi connectivity index (χ1) is 14.5. The van der Waals surface area contributed by atoms with Gasteiger partial charge in [0.2, 0.25) is 0 Å². The van der Waals surface area contributed by atoms with Gasteiger partial charge in [0.15, 0.2) is 5.13 Å². The monoisotopic (exact) mass is 452 g/mol. The molecule has 0 aromatic carbocycles. The number of ether oxygens (including phenoxy) is 1. The number of nitrogens with zero attached hydrogens (tertiary/aromatic N) is 3. The largest absolute Gasteiger partial charge is 0.418 e. The van der Waals surface area contributed by atoms with E-state index in [1.54, 1.807) is 18.3 Å². The van der Waals surface area contributed by atoms with E-state index >= 15 is 0 Å². The molecule has 6 nitrogen and oxygen atoms in total. The molecule has 0 spiro atoms. The molecular weight excluding hydrogens is 429 g/mol. The van der Waals surface area contributed by atoms with Crippen LogP contribution in [0.2, 0.25) is 0 Å². The van der Waals surface area contributed by atoms with Crippen molar-refractivity contribution >= 4 is 22.4 Å². The maximum atomic E-state index is 13.3. The molecule has 10 heteroatoms. The number of thiazole rings is 1. The number of aromatic nitrogens is 3. The third kappa shape index (κ3) is 5.50. The first kappa shape index (κ1) is 23.0. The highest BCUT2D eigenvalue weighted by Gasteiger charge is 2.33. The number of pyridine rings is 1. The quantitative estimate of drug-likeness (QED) is 0.527. The summed E-state index contributed by atoms with van der Waals surface area (Å²) in [5, 5.41) is 4.91. The zero-order chi connectivity index (χ0) is 22.8. The van der Waals surface area contributed by atoms with Crippen LogP contribution in [-0.4, -0.2) is 26.5 Å². The Morgan fingerprint density at radius 2 is 2.03 bits per heavy atom. The Bertz CT molecular complexity index is 1060. The van der Waals surface area contributed by atoms with E-state index in [-0.39, 0.29) is 23.9 Å². The molecule has 166 valence electrons. The maximum absolute atomic E-state index is 13.3. The molecule has 3 aromatic rings. The molecule has 31 heavy (non-hydrogen) atoms.